The molecule has 0 saturated carbocycles. The van der Waals surface area contributed by atoms with Gasteiger partial charge in [0.25, 0.3) is 5.91 Å². The number of hydrogen-bond acceptors (Lipinski definition) is 6. The second-order valence-corrected chi connectivity index (χ2v) is 11.6. The Hall–Kier alpha value is -4.66. The molecule has 0 N–H and O–H groups in total. The van der Waals surface area contributed by atoms with Crippen molar-refractivity contribution >= 4 is 40.3 Å². The summed E-state index contributed by atoms with van der Waals surface area (Å²) >= 11 is 6.95. The van der Waals surface area contributed by atoms with Gasteiger partial charge in [-0.05, 0) is 72.2 Å². The number of hydrogen-bond donors (Lipinski definition) is 0. The van der Waals surface area contributed by atoms with Gasteiger partial charge in [-0.25, -0.2) is 4.68 Å². The lowest BCUT2D eigenvalue weighted by Crippen LogP contribution is -2.30. The molecule has 0 spiro atoms. The van der Waals surface area contributed by atoms with E-state index in [0.29, 0.717) is 28.8 Å². The van der Waals surface area contributed by atoms with E-state index in [2.05, 4.69) is 0 Å². The number of thiocarbonyl (C=S) groups is 1. The number of aromatic nitrogens is 2. The number of methoxy groups -OCH3 is 1. The van der Waals surface area contributed by atoms with Crippen LogP contribution in [0, 0.1) is 0 Å². The van der Waals surface area contributed by atoms with Gasteiger partial charge in [0.05, 0.1) is 23.4 Å². The highest BCUT2D eigenvalue weighted by molar-refractivity contribution is 8.26. The van der Waals surface area contributed by atoms with Gasteiger partial charge in [-0.1, -0.05) is 84.6 Å². The van der Waals surface area contributed by atoms with Gasteiger partial charge in [-0.15, -0.1) is 0 Å². The fraction of sp³-hybridized carbons (Fsp3) is 0.114. The van der Waals surface area contributed by atoms with Crippen LogP contribution in [0.3, 0.4) is 0 Å². The number of carbonyl (C=O) groups is 1. The van der Waals surface area contributed by atoms with Crippen molar-refractivity contribution in [3.63, 3.8) is 0 Å². The van der Waals surface area contributed by atoms with E-state index in [9.17, 15) is 4.79 Å². The quantitative estimate of drug-likeness (QED) is 0.121. The third-order valence-electron chi connectivity index (χ3n) is 7.08. The maximum Gasteiger partial charge on any atom is 0.266 e. The Balaban J connectivity index is 1.24. The van der Waals surface area contributed by atoms with E-state index in [4.69, 9.17) is 26.8 Å². The molecule has 2 heterocycles. The number of thioether (sulfide) groups is 1. The zero-order valence-electron chi connectivity index (χ0n) is 23.6. The molecule has 1 aromatic heterocycles. The van der Waals surface area contributed by atoms with E-state index in [1.807, 2.05) is 126 Å². The summed E-state index contributed by atoms with van der Waals surface area (Å²) in [5.41, 5.74) is 5.67. The van der Waals surface area contributed by atoms with Crippen LogP contribution in [0.5, 0.6) is 11.5 Å². The Labute approximate surface area is 260 Å². The first kappa shape index (κ1) is 28.5. The molecule has 0 radical (unpaired) electrons. The topological polar surface area (TPSA) is 56.6 Å². The van der Waals surface area contributed by atoms with Crippen LogP contribution in [0.25, 0.3) is 23.0 Å². The fourth-order valence-corrected chi connectivity index (χ4v) is 6.05. The van der Waals surface area contributed by atoms with Crippen molar-refractivity contribution in [1.29, 1.82) is 0 Å². The first-order valence-corrected chi connectivity index (χ1v) is 15.1. The van der Waals surface area contributed by atoms with Crippen molar-refractivity contribution < 1.29 is 14.3 Å². The maximum atomic E-state index is 13.5. The summed E-state index contributed by atoms with van der Waals surface area (Å²) < 4.78 is 13.6. The van der Waals surface area contributed by atoms with Crippen molar-refractivity contribution in [1.82, 2.24) is 14.7 Å². The smallest absolute Gasteiger partial charge is 0.266 e. The van der Waals surface area contributed by atoms with E-state index < -0.39 is 0 Å². The lowest BCUT2D eigenvalue weighted by Gasteiger charge is -2.14. The molecule has 6 nitrogen and oxygen atoms in total. The van der Waals surface area contributed by atoms with E-state index in [0.717, 1.165) is 45.1 Å². The summed E-state index contributed by atoms with van der Waals surface area (Å²) in [6.45, 7) is 1.00. The summed E-state index contributed by atoms with van der Waals surface area (Å²) in [5, 5.41) is 4.92. The molecule has 1 aliphatic rings. The van der Waals surface area contributed by atoms with Crippen LogP contribution in [0.4, 0.5) is 0 Å². The maximum absolute atomic E-state index is 13.5. The molecule has 1 saturated heterocycles. The highest BCUT2D eigenvalue weighted by Gasteiger charge is 2.32. The number of para-hydroxylation sites is 1. The van der Waals surface area contributed by atoms with Crippen LogP contribution in [0.2, 0.25) is 0 Å². The standard InChI is InChI=1S/C35H29N3O3S2/c1-40-30-16-12-25(13-17-30)20-21-37-34(39)32(43-35(37)42)22-28-23-38(29-10-6-3-7-11-29)36-33(28)27-14-18-31(19-15-27)41-24-26-8-4-2-5-9-26/h2-19,22-23H,20-21,24H2,1H3. The highest BCUT2D eigenvalue weighted by Crippen LogP contribution is 2.35. The van der Waals surface area contributed by atoms with Crippen molar-refractivity contribution in [2.45, 2.75) is 13.0 Å². The first-order chi connectivity index (χ1) is 21.1. The largest absolute Gasteiger partial charge is 0.497 e. The van der Waals surface area contributed by atoms with Crippen LogP contribution >= 0.6 is 24.0 Å². The molecular weight excluding hydrogens is 575 g/mol. The van der Waals surface area contributed by atoms with Crippen LogP contribution < -0.4 is 9.47 Å². The molecule has 1 aliphatic heterocycles. The number of carbonyl (C=O) groups excluding carboxylic acids is 1. The van der Waals surface area contributed by atoms with E-state index in [-0.39, 0.29) is 5.91 Å². The Morgan fingerprint density at radius 3 is 2.21 bits per heavy atom. The van der Waals surface area contributed by atoms with Crippen molar-refractivity contribution in [2.24, 2.45) is 0 Å². The van der Waals surface area contributed by atoms with Crippen molar-refractivity contribution in [2.75, 3.05) is 13.7 Å². The molecule has 6 rings (SSSR count). The van der Waals surface area contributed by atoms with E-state index in [1.54, 1.807) is 12.0 Å². The molecule has 4 aromatic carbocycles. The molecule has 1 amide bonds. The summed E-state index contributed by atoms with van der Waals surface area (Å²) in [5.74, 6) is 1.49. The molecular formula is C35H29N3O3S2. The van der Waals surface area contributed by atoms with Gasteiger partial charge in [0, 0.05) is 23.9 Å². The van der Waals surface area contributed by atoms with Gasteiger partial charge in [0.1, 0.15) is 22.4 Å². The molecule has 0 aliphatic carbocycles. The normalized spacial score (nSPS) is 14.0. The summed E-state index contributed by atoms with van der Waals surface area (Å²) in [7, 11) is 1.65. The van der Waals surface area contributed by atoms with Gasteiger partial charge in [-0.3, -0.25) is 9.69 Å². The van der Waals surface area contributed by atoms with E-state index >= 15 is 0 Å². The molecule has 214 valence electrons. The van der Waals surface area contributed by atoms with E-state index in [1.165, 1.54) is 11.8 Å². The first-order valence-electron chi connectivity index (χ1n) is 13.9. The zero-order valence-corrected chi connectivity index (χ0v) is 25.2. The van der Waals surface area contributed by atoms with Gasteiger partial charge in [0.15, 0.2) is 0 Å². The third-order valence-corrected chi connectivity index (χ3v) is 8.46. The second kappa shape index (κ2) is 13.1. The predicted molar refractivity (Wildman–Crippen MR) is 176 cm³/mol. The SMILES string of the molecule is COc1ccc(CCN2C(=O)C(=Cc3cn(-c4ccccc4)nc3-c3ccc(OCc4ccccc4)cc3)SC2=S)cc1. The third kappa shape index (κ3) is 6.71. The lowest BCUT2D eigenvalue weighted by atomic mass is 10.1. The van der Waals surface area contributed by atoms with Crippen LogP contribution in [0.1, 0.15) is 16.7 Å². The molecule has 8 heteroatoms. The molecule has 0 bridgehead atoms. The molecule has 0 atom stereocenters. The predicted octanol–water partition coefficient (Wildman–Crippen LogP) is 7.57. The average molecular weight is 604 g/mol. The zero-order chi connectivity index (χ0) is 29.6. The minimum Gasteiger partial charge on any atom is -0.497 e. The summed E-state index contributed by atoms with van der Waals surface area (Å²) in [6.07, 6.45) is 4.54. The number of nitrogens with zero attached hydrogens (tertiary/aromatic N) is 3. The Morgan fingerprint density at radius 1 is 0.837 bits per heavy atom. The molecule has 1 fully saturated rings. The Bertz CT molecular complexity index is 1750. The molecule has 0 unspecified atom stereocenters. The number of rotatable bonds is 10. The molecule has 43 heavy (non-hydrogen) atoms. The number of ether oxygens (including phenoxy) is 2. The van der Waals surface area contributed by atoms with Crippen LogP contribution in [-0.2, 0) is 17.8 Å². The number of benzene rings is 4. The van der Waals surface area contributed by atoms with Crippen LogP contribution in [0.15, 0.2) is 120 Å². The van der Waals surface area contributed by atoms with Crippen molar-refractivity contribution in [3.8, 4) is 28.4 Å². The second-order valence-electron chi connectivity index (χ2n) is 9.94. The minimum absolute atomic E-state index is 0.0911. The fourth-order valence-electron chi connectivity index (χ4n) is 4.75. The van der Waals surface area contributed by atoms with Gasteiger partial charge in [0.2, 0.25) is 0 Å². The summed E-state index contributed by atoms with van der Waals surface area (Å²) in [4.78, 5) is 15.7. The highest BCUT2D eigenvalue weighted by atomic mass is 32.2. The van der Waals surface area contributed by atoms with Crippen LogP contribution in [-0.4, -0.2) is 38.6 Å². The number of amides is 1. The average Bonchev–Trinajstić information content (AvgIpc) is 3.60. The van der Waals surface area contributed by atoms with Gasteiger partial charge >= 0.3 is 0 Å². The Morgan fingerprint density at radius 2 is 1.51 bits per heavy atom. The Kier molecular flexibility index (Phi) is 8.67. The van der Waals surface area contributed by atoms with Gasteiger partial charge < -0.3 is 9.47 Å². The van der Waals surface area contributed by atoms with Gasteiger partial charge in [-0.2, -0.15) is 5.10 Å². The monoisotopic (exact) mass is 603 g/mol. The minimum atomic E-state index is -0.0911. The van der Waals surface area contributed by atoms with Crippen molar-refractivity contribution in [3.05, 3.63) is 137 Å². The summed E-state index contributed by atoms with van der Waals surface area (Å²) in [6, 6.07) is 35.7. The molecule has 5 aromatic rings. The lowest BCUT2D eigenvalue weighted by molar-refractivity contribution is -0.122.